The standard InChI is InChI=1S/C16H18ClNO/c1-18(13-14-5-3-2-4-6-14)11-12-19-16-9-7-15(17)8-10-16/h2-10H,11-13H2,1H3. The third-order valence-electron chi connectivity index (χ3n) is 2.85. The molecule has 0 unspecified atom stereocenters. The largest absolute Gasteiger partial charge is 0.492 e. The van der Waals surface area contributed by atoms with Crippen molar-refractivity contribution in [3.8, 4) is 5.75 Å². The van der Waals surface area contributed by atoms with Gasteiger partial charge in [-0.3, -0.25) is 4.90 Å². The van der Waals surface area contributed by atoms with Crippen molar-refractivity contribution in [2.24, 2.45) is 0 Å². The van der Waals surface area contributed by atoms with E-state index >= 15 is 0 Å². The Morgan fingerprint density at radius 2 is 1.68 bits per heavy atom. The summed E-state index contributed by atoms with van der Waals surface area (Å²) in [6.07, 6.45) is 0. The molecule has 3 heteroatoms. The summed E-state index contributed by atoms with van der Waals surface area (Å²) in [5.74, 6) is 0.859. The van der Waals surface area contributed by atoms with Crippen molar-refractivity contribution in [2.45, 2.75) is 6.54 Å². The van der Waals surface area contributed by atoms with E-state index in [0.717, 1.165) is 23.9 Å². The maximum Gasteiger partial charge on any atom is 0.119 e. The molecule has 0 amide bonds. The summed E-state index contributed by atoms with van der Waals surface area (Å²) < 4.78 is 5.67. The van der Waals surface area contributed by atoms with Gasteiger partial charge >= 0.3 is 0 Å². The van der Waals surface area contributed by atoms with Gasteiger partial charge in [0.05, 0.1) is 0 Å². The fourth-order valence-electron chi connectivity index (χ4n) is 1.82. The van der Waals surface area contributed by atoms with Crippen molar-refractivity contribution in [1.82, 2.24) is 4.90 Å². The SMILES string of the molecule is CN(CCOc1ccc(Cl)cc1)Cc1ccccc1. The highest BCUT2D eigenvalue weighted by Crippen LogP contribution is 2.15. The first-order chi connectivity index (χ1) is 9.24. The molecular formula is C16H18ClNO. The van der Waals surface area contributed by atoms with Gasteiger partial charge in [0.1, 0.15) is 12.4 Å². The van der Waals surface area contributed by atoms with E-state index in [4.69, 9.17) is 16.3 Å². The maximum absolute atomic E-state index is 5.82. The quantitative estimate of drug-likeness (QED) is 0.794. The Hall–Kier alpha value is -1.51. The van der Waals surface area contributed by atoms with E-state index in [0.29, 0.717) is 6.61 Å². The Morgan fingerprint density at radius 3 is 2.37 bits per heavy atom. The summed E-state index contributed by atoms with van der Waals surface area (Å²) in [7, 11) is 2.10. The highest BCUT2D eigenvalue weighted by Gasteiger charge is 2.00. The van der Waals surface area contributed by atoms with Gasteiger partial charge in [-0.05, 0) is 36.9 Å². The molecule has 2 rings (SSSR count). The fraction of sp³-hybridized carbons (Fsp3) is 0.250. The van der Waals surface area contributed by atoms with Gasteiger partial charge in [0.2, 0.25) is 0 Å². The van der Waals surface area contributed by atoms with Crippen LogP contribution in [0.2, 0.25) is 5.02 Å². The predicted octanol–water partition coefficient (Wildman–Crippen LogP) is 3.85. The molecule has 2 aromatic carbocycles. The number of ether oxygens (including phenoxy) is 1. The molecule has 0 radical (unpaired) electrons. The Labute approximate surface area is 119 Å². The second-order valence-electron chi connectivity index (χ2n) is 4.53. The van der Waals surface area contributed by atoms with Crippen molar-refractivity contribution < 1.29 is 4.74 Å². The summed E-state index contributed by atoms with van der Waals surface area (Å²) in [4.78, 5) is 2.24. The monoisotopic (exact) mass is 275 g/mol. The Bertz CT molecular complexity index is 484. The first-order valence-electron chi connectivity index (χ1n) is 6.35. The minimum Gasteiger partial charge on any atom is -0.492 e. The topological polar surface area (TPSA) is 12.5 Å². The average molecular weight is 276 g/mol. The molecule has 0 heterocycles. The van der Waals surface area contributed by atoms with Gasteiger partial charge in [0.15, 0.2) is 0 Å². The Morgan fingerprint density at radius 1 is 1.00 bits per heavy atom. The van der Waals surface area contributed by atoms with Crippen LogP contribution < -0.4 is 4.74 Å². The predicted molar refractivity (Wildman–Crippen MR) is 79.7 cm³/mol. The van der Waals surface area contributed by atoms with Crippen LogP contribution >= 0.6 is 11.6 Å². The van der Waals surface area contributed by atoms with Crippen LogP contribution in [-0.4, -0.2) is 25.1 Å². The van der Waals surface area contributed by atoms with Crippen molar-refractivity contribution in [3.63, 3.8) is 0 Å². The number of hydrogen-bond acceptors (Lipinski definition) is 2. The summed E-state index contributed by atoms with van der Waals surface area (Å²) in [6.45, 7) is 2.49. The van der Waals surface area contributed by atoms with Crippen LogP contribution in [0, 0.1) is 0 Å². The smallest absolute Gasteiger partial charge is 0.119 e. The summed E-state index contributed by atoms with van der Waals surface area (Å²) in [5.41, 5.74) is 1.32. The van der Waals surface area contributed by atoms with Crippen molar-refractivity contribution in [3.05, 3.63) is 65.2 Å². The van der Waals surface area contributed by atoms with Gasteiger partial charge < -0.3 is 4.74 Å². The van der Waals surface area contributed by atoms with Crippen molar-refractivity contribution in [1.29, 1.82) is 0 Å². The second kappa shape index (κ2) is 7.17. The molecule has 0 N–H and O–H groups in total. The third kappa shape index (κ3) is 4.93. The molecule has 2 aromatic rings. The average Bonchev–Trinajstić information content (AvgIpc) is 2.42. The number of benzene rings is 2. The third-order valence-corrected chi connectivity index (χ3v) is 3.10. The summed E-state index contributed by atoms with van der Waals surface area (Å²) in [5, 5.41) is 0.730. The maximum atomic E-state index is 5.82. The van der Waals surface area contributed by atoms with Gasteiger partial charge in [-0.2, -0.15) is 0 Å². The van der Waals surface area contributed by atoms with Gasteiger partial charge in [0.25, 0.3) is 0 Å². The highest BCUT2D eigenvalue weighted by atomic mass is 35.5. The van der Waals surface area contributed by atoms with Crippen LogP contribution in [0.25, 0.3) is 0 Å². The molecule has 0 aliphatic rings. The van der Waals surface area contributed by atoms with Crippen LogP contribution in [0.15, 0.2) is 54.6 Å². The van der Waals surface area contributed by atoms with Crippen LogP contribution in [0.5, 0.6) is 5.75 Å². The van der Waals surface area contributed by atoms with E-state index in [9.17, 15) is 0 Å². The number of rotatable bonds is 6. The van der Waals surface area contributed by atoms with Gasteiger partial charge in [0, 0.05) is 18.1 Å². The second-order valence-corrected chi connectivity index (χ2v) is 4.96. The highest BCUT2D eigenvalue weighted by molar-refractivity contribution is 6.30. The first-order valence-corrected chi connectivity index (χ1v) is 6.73. The van der Waals surface area contributed by atoms with Crippen LogP contribution in [0.3, 0.4) is 0 Å². The number of hydrogen-bond donors (Lipinski definition) is 0. The van der Waals surface area contributed by atoms with E-state index < -0.39 is 0 Å². The van der Waals surface area contributed by atoms with Crippen LogP contribution in [-0.2, 0) is 6.54 Å². The van der Waals surface area contributed by atoms with Crippen LogP contribution in [0.1, 0.15) is 5.56 Å². The molecule has 0 aliphatic carbocycles. The lowest BCUT2D eigenvalue weighted by Gasteiger charge is -2.17. The molecule has 0 aliphatic heterocycles. The molecule has 0 atom stereocenters. The van der Waals surface area contributed by atoms with Crippen molar-refractivity contribution in [2.75, 3.05) is 20.2 Å². The molecule has 0 bridgehead atoms. The van der Waals surface area contributed by atoms with Gasteiger partial charge in [-0.1, -0.05) is 41.9 Å². The minimum absolute atomic E-state index is 0.672. The van der Waals surface area contributed by atoms with E-state index in [1.165, 1.54) is 5.56 Å². The molecule has 19 heavy (non-hydrogen) atoms. The van der Waals surface area contributed by atoms with Crippen molar-refractivity contribution >= 4 is 11.6 Å². The Balaban J connectivity index is 1.72. The van der Waals surface area contributed by atoms with E-state index in [1.807, 2.05) is 30.3 Å². The molecule has 100 valence electrons. The lowest BCUT2D eigenvalue weighted by atomic mass is 10.2. The molecule has 0 aromatic heterocycles. The lowest BCUT2D eigenvalue weighted by molar-refractivity contribution is 0.233. The molecule has 2 nitrogen and oxygen atoms in total. The van der Waals surface area contributed by atoms with Gasteiger partial charge in [-0.15, -0.1) is 0 Å². The first kappa shape index (κ1) is 13.9. The molecule has 0 saturated carbocycles. The van der Waals surface area contributed by atoms with E-state index in [1.54, 1.807) is 0 Å². The zero-order valence-corrected chi connectivity index (χ0v) is 11.8. The molecule has 0 saturated heterocycles. The number of halogens is 1. The number of likely N-dealkylation sites (N-methyl/N-ethyl adjacent to an activating group) is 1. The normalized spacial score (nSPS) is 10.7. The zero-order chi connectivity index (χ0) is 13.5. The lowest BCUT2D eigenvalue weighted by Crippen LogP contribution is -2.23. The molecule has 0 spiro atoms. The molecular weight excluding hydrogens is 258 g/mol. The van der Waals surface area contributed by atoms with Gasteiger partial charge in [-0.25, -0.2) is 0 Å². The van der Waals surface area contributed by atoms with E-state index in [-0.39, 0.29) is 0 Å². The summed E-state index contributed by atoms with van der Waals surface area (Å²) >= 11 is 5.82. The minimum atomic E-state index is 0.672. The van der Waals surface area contributed by atoms with E-state index in [2.05, 4.69) is 36.2 Å². The number of nitrogens with zero attached hydrogens (tertiary/aromatic N) is 1. The summed E-state index contributed by atoms with van der Waals surface area (Å²) in [6, 6.07) is 17.9. The Kier molecular flexibility index (Phi) is 5.25. The zero-order valence-electron chi connectivity index (χ0n) is 11.1. The fourth-order valence-corrected chi connectivity index (χ4v) is 1.95. The molecule has 0 fully saturated rings. The van der Waals surface area contributed by atoms with Crippen LogP contribution in [0.4, 0.5) is 0 Å².